The predicted octanol–water partition coefficient (Wildman–Crippen LogP) is 2.76. The summed E-state index contributed by atoms with van der Waals surface area (Å²) in [6.07, 6.45) is 5.19. The largest absolute Gasteiger partial charge is 0.493 e. The molecule has 1 aromatic carbocycles. The van der Waals surface area contributed by atoms with Crippen molar-refractivity contribution in [3.63, 3.8) is 0 Å². The lowest BCUT2D eigenvalue weighted by Gasteiger charge is -2.27. The van der Waals surface area contributed by atoms with Gasteiger partial charge in [0.2, 0.25) is 0 Å². The Morgan fingerprint density at radius 1 is 1.10 bits per heavy atom. The van der Waals surface area contributed by atoms with Gasteiger partial charge in [-0.1, -0.05) is 12.6 Å². The van der Waals surface area contributed by atoms with Crippen LogP contribution in [-0.2, 0) is 0 Å². The maximum Gasteiger partial charge on any atom is 0.161 e. The Balaban J connectivity index is 1.77. The molecule has 21 heavy (non-hydrogen) atoms. The fraction of sp³-hybridized carbons (Fsp3) is 0.529. The lowest BCUT2D eigenvalue weighted by Crippen LogP contribution is -2.40. The molecule has 1 heterocycles. The van der Waals surface area contributed by atoms with Crippen molar-refractivity contribution in [2.75, 3.05) is 20.2 Å². The number of methoxy groups -OCH3 is 1. The van der Waals surface area contributed by atoms with Gasteiger partial charge in [0.1, 0.15) is 0 Å². The number of hydrogen-bond acceptors (Lipinski definition) is 4. The molecule has 0 aromatic heterocycles. The third-order valence-corrected chi connectivity index (χ3v) is 4.38. The minimum Gasteiger partial charge on any atom is -0.493 e. The molecule has 0 radical (unpaired) electrons. The Labute approximate surface area is 126 Å². The van der Waals surface area contributed by atoms with E-state index in [9.17, 15) is 0 Å². The van der Waals surface area contributed by atoms with Crippen molar-refractivity contribution in [1.29, 1.82) is 0 Å². The van der Waals surface area contributed by atoms with Gasteiger partial charge >= 0.3 is 0 Å². The molecule has 1 aromatic rings. The van der Waals surface area contributed by atoms with Crippen molar-refractivity contribution in [1.82, 2.24) is 10.6 Å². The Morgan fingerprint density at radius 3 is 2.48 bits per heavy atom. The first-order chi connectivity index (χ1) is 10.3. The second kappa shape index (κ2) is 6.29. The van der Waals surface area contributed by atoms with Gasteiger partial charge in [-0.25, -0.2) is 0 Å². The van der Waals surface area contributed by atoms with Crippen LogP contribution < -0.4 is 20.1 Å². The fourth-order valence-corrected chi connectivity index (χ4v) is 3.09. The van der Waals surface area contributed by atoms with E-state index in [-0.39, 0.29) is 0 Å². The van der Waals surface area contributed by atoms with E-state index in [1.54, 1.807) is 7.11 Å². The molecule has 3 rings (SSSR count). The van der Waals surface area contributed by atoms with Crippen LogP contribution in [0.5, 0.6) is 11.5 Å². The summed E-state index contributed by atoms with van der Waals surface area (Å²) in [4.78, 5) is 0. The molecule has 0 unspecified atom stereocenters. The summed E-state index contributed by atoms with van der Waals surface area (Å²) in [5.41, 5.74) is 1.27. The zero-order valence-corrected chi connectivity index (χ0v) is 12.7. The number of benzene rings is 1. The monoisotopic (exact) mass is 288 g/mol. The van der Waals surface area contributed by atoms with Crippen LogP contribution >= 0.6 is 0 Å². The molecule has 1 saturated heterocycles. The SMILES string of the molecule is C=C1NCC(c2ccc(OC)c(OC3CCCC3)c2)CN1. The van der Waals surface area contributed by atoms with Gasteiger partial charge in [0.15, 0.2) is 11.5 Å². The van der Waals surface area contributed by atoms with E-state index in [0.717, 1.165) is 43.3 Å². The van der Waals surface area contributed by atoms with Crippen molar-refractivity contribution in [3.05, 3.63) is 36.2 Å². The molecule has 1 aliphatic heterocycles. The van der Waals surface area contributed by atoms with E-state index in [4.69, 9.17) is 9.47 Å². The summed E-state index contributed by atoms with van der Waals surface area (Å²) in [7, 11) is 1.70. The molecular formula is C17H24N2O2. The number of hydrogen-bond donors (Lipinski definition) is 2. The molecule has 4 nitrogen and oxygen atoms in total. The summed E-state index contributed by atoms with van der Waals surface area (Å²) in [5, 5.41) is 6.55. The Kier molecular flexibility index (Phi) is 4.23. The normalized spacial score (nSPS) is 20.0. The van der Waals surface area contributed by atoms with Crippen LogP contribution in [0.2, 0.25) is 0 Å². The quantitative estimate of drug-likeness (QED) is 0.894. The van der Waals surface area contributed by atoms with Gasteiger partial charge in [0, 0.05) is 19.0 Å². The first kappa shape index (κ1) is 14.1. The molecule has 2 N–H and O–H groups in total. The third kappa shape index (κ3) is 3.26. The Hall–Kier alpha value is -1.84. The van der Waals surface area contributed by atoms with E-state index in [1.807, 2.05) is 6.07 Å². The predicted molar refractivity (Wildman–Crippen MR) is 83.8 cm³/mol. The van der Waals surface area contributed by atoms with Gasteiger partial charge in [-0.05, 0) is 43.4 Å². The van der Waals surface area contributed by atoms with Crippen molar-refractivity contribution in [3.8, 4) is 11.5 Å². The van der Waals surface area contributed by atoms with Crippen molar-refractivity contribution in [2.45, 2.75) is 37.7 Å². The average molecular weight is 288 g/mol. The van der Waals surface area contributed by atoms with Crippen molar-refractivity contribution >= 4 is 0 Å². The molecule has 0 amide bonds. The molecule has 2 aliphatic rings. The second-order valence-corrected chi connectivity index (χ2v) is 5.87. The summed E-state index contributed by atoms with van der Waals surface area (Å²) in [6.45, 7) is 5.70. The minimum atomic E-state index is 0.344. The number of rotatable bonds is 4. The molecular weight excluding hydrogens is 264 g/mol. The van der Waals surface area contributed by atoms with Crippen LogP contribution in [0.4, 0.5) is 0 Å². The molecule has 1 saturated carbocycles. The highest BCUT2D eigenvalue weighted by Crippen LogP contribution is 2.34. The molecule has 1 aliphatic carbocycles. The van der Waals surface area contributed by atoms with Crippen molar-refractivity contribution in [2.24, 2.45) is 0 Å². The average Bonchev–Trinajstić information content (AvgIpc) is 3.01. The molecule has 0 atom stereocenters. The van der Waals surface area contributed by atoms with Gasteiger partial charge in [0.25, 0.3) is 0 Å². The van der Waals surface area contributed by atoms with Crippen LogP contribution in [0.1, 0.15) is 37.2 Å². The second-order valence-electron chi connectivity index (χ2n) is 5.87. The maximum absolute atomic E-state index is 6.17. The molecule has 0 spiro atoms. The molecule has 2 fully saturated rings. The lowest BCUT2D eigenvalue weighted by atomic mass is 9.97. The van der Waals surface area contributed by atoms with E-state index in [2.05, 4.69) is 29.3 Å². The van der Waals surface area contributed by atoms with E-state index < -0.39 is 0 Å². The summed E-state index contributed by atoms with van der Waals surface area (Å²) in [5.74, 6) is 3.03. The number of nitrogens with one attached hydrogen (secondary N) is 2. The van der Waals surface area contributed by atoms with Gasteiger partial charge in [-0.15, -0.1) is 0 Å². The Morgan fingerprint density at radius 2 is 1.81 bits per heavy atom. The smallest absolute Gasteiger partial charge is 0.161 e. The summed E-state index contributed by atoms with van der Waals surface area (Å²) < 4.78 is 11.6. The van der Waals surface area contributed by atoms with Crippen LogP contribution in [0.15, 0.2) is 30.6 Å². The van der Waals surface area contributed by atoms with Crippen LogP contribution in [0.25, 0.3) is 0 Å². The standard InChI is InChI=1S/C17H24N2O2/c1-12-18-10-14(11-19-12)13-7-8-16(20-2)17(9-13)21-15-5-3-4-6-15/h7-9,14-15,18-19H,1,3-6,10-11H2,2H3. The lowest BCUT2D eigenvalue weighted by molar-refractivity contribution is 0.200. The van der Waals surface area contributed by atoms with E-state index >= 15 is 0 Å². The van der Waals surface area contributed by atoms with Crippen LogP contribution in [-0.4, -0.2) is 26.3 Å². The molecule has 114 valence electrons. The maximum atomic E-state index is 6.17. The van der Waals surface area contributed by atoms with Crippen LogP contribution in [0, 0.1) is 0 Å². The highest BCUT2D eigenvalue weighted by atomic mass is 16.5. The summed E-state index contributed by atoms with van der Waals surface area (Å²) in [6, 6.07) is 6.28. The number of ether oxygens (including phenoxy) is 2. The zero-order valence-electron chi connectivity index (χ0n) is 12.7. The van der Waals surface area contributed by atoms with Gasteiger partial charge in [0.05, 0.1) is 19.0 Å². The zero-order chi connectivity index (χ0) is 14.7. The van der Waals surface area contributed by atoms with Gasteiger partial charge < -0.3 is 20.1 Å². The van der Waals surface area contributed by atoms with Gasteiger partial charge in [-0.3, -0.25) is 0 Å². The topological polar surface area (TPSA) is 42.5 Å². The molecule has 0 bridgehead atoms. The first-order valence-corrected chi connectivity index (χ1v) is 7.77. The van der Waals surface area contributed by atoms with Crippen LogP contribution in [0.3, 0.4) is 0 Å². The van der Waals surface area contributed by atoms with Gasteiger partial charge in [-0.2, -0.15) is 0 Å². The highest BCUT2D eigenvalue weighted by Gasteiger charge is 2.21. The third-order valence-electron chi connectivity index (χ3n) is 4.38. The Bertz CT molecular complexity index is 500. The summed E-state index contributed by atoms with van der Waals surface area (Å²) >= 11 is 0. The molecule has 4 heteroatoms. The highest BCUT2D eigenvalue weighted by molar-refractivity contribution is 5.44. The van der Waals surface area contributed by atoms with Crippen molar-refractivity contribution < 1.29 is 9.47 Å². The van der Waals surface area contributed by atoms with E-state index in [1.165, 1.54) is 18.4 Å². The minimum absolute atomic E-state index is 0.344. The fourth-order valence-electron chi connectivity index (χ4n) is 3.09. The van der Waals surface area contributed by atoms with E-state index in [0.29, 0.717) is 12.0 Å². The first-order valence-electron chi connectivity index (χ1n) is 7.77.